The summed E-state index contributed by atoms with van der Waals surface area (Å²) in [6, 6.07) is 2.17. The Kier molecular flexibility index (Phi) is 4.05. The van der Waals surface area contributed by atoms with Crippen LogP contribution in [0.1, 0.15) is 36.2 Å². The number of carbonyl (C=O) groups is 1. The van der Waals surface area contributed by atoms with Gasteiger partial charge in [0.1, 0.15) is 5.69 Å². The number of aromatic nitrogens is 2. The summed E-state index contributed by atoms with van der Waals surface area (Å²) in [4.78, 5) is 14.2. The molecule has 0 atom stereocenters. The van der Waals surface area contributed by atoms with Gasteiger partial charge in [0.05, 0.1) is 0 Å². The highest BCUT2D eigenvalue weighted by atomic mass is 35.5. The zero-order valence-electron chi connectivity index (χ0n) is 10.1. The molecule has 1 heterocycles. The minimum Gasteiger partial charge on any atom is -0.334 e. The van der Waals surface area contributed by atoms with Gasteiger partial charge < -0.3 is 4.90 Å². The van der Waals surface area contributed by atoms with Crippen molar-refractivity contribution in [2.24, 2.45) is 7.05 Å². The fourth-order valence-electron chi connectivity index (χ4n) is 2.05. The maximum absolute atomic E-state index is 12.3. The van der Waals surface area contributed by atoms with Crippen molar-refractivity contribution in [3.8, 4) is 0 Å². The van der Waals surface area contributed by atoms with E-state index in [1.165, 1.54) is 6.42 Å². The van der Waals surface area contributed by atoms with Gasteiger partial charge in [-0.15, -0.1) is 11.6 Å². The quantitative estimate of drug-likeness (QED) is 0.756. The normalized spacial score (nSPS) is 15.6. The first-order chi connectivity index (χ1) is 8.22. The number of aryl methyl sites for hydroxylation is 1. The summed E-state index contributed by atoms with van der Waals surface area (Å²) in [7, 11) is 1.82. The molecular weight excluding hydrogens is 238 g/mol. The minimum absolute atomic E-state index is 0.0421. The Balaban J connectivity index is 2.06. The Morgan fingerprint density at radius 3 is 2.88 bits per heavy atom. The molecule has 0 unspecified atom stereocenters. The number of carbonyl (C=O) groups excluding carboxylic acids is 1. The number of hydrogen-bond acceptors (Lipinski definition) is 2. The molecule has 17 heavy (non-hydrogen) atoms. The Labute approximate surface area is 107 Å². The molecule has 1 aromatic heterocycles. The standard InChI is InChI=1S/C12H18ClN3O/c1-15-9-6-11(14-15)12(17)16(8-3-7-13)10-4-2-5-10/h6,9-10H,2-5,7-8H2,1H3. The van der Waals surface area contributed by atoms with Crippen molar-refractivity contribution in [2.75, 3.05) is 12.4 Å². The molecule has 1 aromatic rings. The average Bonchev–Trinajstić information content (AvgIpc) is 2.67. The number of rotatable bonds is 5. The molecule has 1 amide bonds. The topological polar surface area (TPSA) is 38.1 Å². The Morgan fingerprint density at radius 2 is 2.41 bits per heavy atom. The molecular formula is C12H18ClN3O. The van der Waals surface area contributed by atoms with Crippen molar-refractivity contribution in [2.45, 2.75) is 31.7 Å². The molecule has 2 rings (SSSR count). The summed E-state index contributed by atoms with van der Waals surface area (Å²) in [5.41, 5.74) is 0.536. The molecule has 0 bridgehead atoms. The lowest BCUT2D eigenvalue weighted by Gasteiger charge is -2.37. The lowest BCUT2D eigenvalue weighted by Crippen LogP contribution is -2.45. The van der Waals surface area contributed by atoms with Gasteiger partial charge in [-0.2, -0.15) is 5.10 Å². The van der Waals surface area contributed by atoms with E-state index in [-0.39, 0.29) is 5.91 Å². The highest BCUT2D eigenvalue weighted by molar-refractivity contribution is 6.17. The first-order valence-electron chi connectivity index (χ1n) is 6.09. The molecule has 1 aliphatic rings. The van der Waals surface area contributed by atoms with Crippen LogP contribution in [0.4, 0.5) is 0 Å². The molecule has 0 aromatic carbocycles. The van der Waals surface area contributed by atoms with Crippen LogP contribution in [0.15, 0.2) is 12.3 Å². The van der Waals surface area contributed by atoms with E-state index in [0.29, 0.717) is 17.6 Å². The fourth-order valence-corrected chi connectivity index (χ4v) is 2.17. The molecule has 1 fully saturated rings. The van der Waals surface area contributed by atoms with E-state index >= 15 is 0 Å². The molecule has 1 saturated carbocycles. The van der Waals surface area contributed by atoms with E-state index in [1.807, 2.05) is 11.9 Å². The van der Waals surface area contributed by atoms with Crippen LogP contribution in [0, 0.1) is 0 Å². The van der Waals surface area contributed by atoms with Gasteiger partial charge in [0.15, 0.2) is 0 Å². The van der Waals surface area contributed by atoms with Gasteiger partial charge in [-0.1, -0.05) is 0 Å². The predicted octanol–water partition coefficient (Wildman–Crippen LogP) is 2.04. The van der Waals surface area contributed by atoms with Gasteiger partial charge in [0.2, 0.25) is 0 Å². The van der Waals surface area contributed by atoms with Gasteiger partial charge in [0, 0.05) is 31.7 Å². The maximum Gasteiger partial charge on any atom is 0.274 e. The highest BCUT2D eigenvalue weighted by Crippen LogP contribution is 2.26. The van der Waals surface area contributed by atoms with Crippen LogP contribution in [0.5, 0.6) is 0 Å². The molecule has 4 nitrogen and oxygen atoms in total. The van der Waals surface area contributed by atoms with E-state index in [0.717, 1.165) is 25.8 Å². The van der Waals surface area contributed by atoms with Crippen molar-refractivity contribution in [3.05, 3.63) is 18.0 Å². The van der Waals surface area contributed by atoms with Crippen LogP contribution in [0.25, 0.3) is 0 Å². The predicted molar refractivity (Wildman–Crippen MR) is 67.2 cm³/mol. The summed E-state index contributed by atoms with van der Waals surface area (Å²) < 4.78 is 1.66. The second-order valence-corrected chi connectivity index (χ2v) is 4.88. The third-order valence-corrected chi connectivity index (χ3v) is 3.51. The molecule has 94 valence electrons. The number of halogens is 1. The second kappa shape index (κ2) is 5.54. The van der Waals surface area contributed by atoms with E-state index < -0.39 is 0 Å². The molecule has 1 aliphatic carbocycles. The highest BCUT2D eigenvalue weighted by Gasteiger charge is 2.29. The lowest BCUT2D eigenvalue weighted by molar-refractivity contribution is 0.0574. The van der Waals surface area contributed by atoms with Crippen LogP contribution in [0.2, 0.25) is 0 Å². The zero-order chi connectivity index (χ0) is 12.3. The third kappa shape index (κ3) is 2.80. The van der Waals surface area contributed by atoms with Gasteiger partial charge in [-0.25, -0.2) is 0 Å². The Bertz CT molecular complexity index is 387. The second-order valence-electron chi connectivity index (χ2n) is 4.50. The minimum atomic E-state index is 0.0421. The first kappa shape index (κ1) is 12.4. The summed E-state index contributed by atoms with van der Waals surface area (Å²) >= 11 is 5.71. The van der Waals surface area contributed by atoms with Gasteiger partial charge in [-0.05, 0) is 31.7 Å². The van der Waals surface area contributed by atoms with Crippen LogP contribution in [0.3, 0.4) is 0 Å². The zero-order valence-corrected chi connectivity index (χ0v) is 10.9. The van der Waals surface area contributed by atoms with E-state index in [4.69, 9.17) is 11.6 Å². The SMILES string of the molecule is Cn1ccc(C(=O)N(CCCCl)C2CCC2)n1. The van der Waals surface area contributed by atoms with E-state index in [2.05, 4.69) is 5.10 Å². The van der Waals surface area contributed by atoms with Crippen LogP contribution < -0.4 is 0 Å². The summed E-state index contributed by atoms with van der Waals surface area (Å²) in [5, 5.41) is 4.17. The largest absolute Gasteiger partial charge is 0.334 e. The van der Waals surface area contributed by atoms with Crippen molar-refractivity contribution in [3.63, 3.8) is 0 Å². The van der Waals surface area contributed by atoms with Crippen molar-refractivity contribution >= 4 is 17.5 Å². The van der Waals surface area contributed by atoms with E-state index in [9.17, 15) is 4.79 Å². The van der Waals surface area contributed by atoms with Crippen molar-refractivity contribution < 1.29 is 4.79 Å². The summed E-state index contributed by atoms with van der Waals surface area (Å²) in [6.07, 6.45) is 6.09. The lowest BCUT2D eigenvalue weighted by atomic mass is 9.91. The van der Waals surface area contributed by atoms with Crippen molar-refractivity contribution in [1.29, 1.82) is 0 Å². The molecule has 0 N–H and O–H groups in total. The number of nitrogens with zero attached hydrogens (tertiary/aromatic N) is 3. The first-order valence-corrected chi connectivity index (χ1v) is 6.62. The Hall–Kier alpha value is -1.03. The molecule has 0 saturated heterocycles. The summed E-state index contributed by atoms with van der Waals surface area (Å²) in [5.74, 6) is 0.638. The number of hydrogen-bond donors (Lipinski definition) is 0. The smallest absolute Gasteiger partial charge is 0.274 e. The molecule has 5 heteroatoms. The van der Waals surface area contributed by atoms with Crippen LogP contribution in [-0.2, 0) is 7.05 Å². The number of alkyl halides is 1. The fraction of sp³-hybridized carbons (Fsp3) is 0.667. The van der Waals surface area contributed by atoms with Gasteiger partial charge in [-0.3, -0.25) is 9.48 Å². The molecule has 0 radical (unpaired) electrons. The molecule has 0 spiro atoms. The molecule has 0 aliphatic heterocycles. The Morgan fingerprint density at radius 1 is 1.65 bits per heavy atom. The van der Waals surface area contributed by atoms with E-state index in [1.54, 1.807) is 16.9 Å². The van der Waals surface area contributed by atoms with Crippen LogP contribution in [-0.4, -0.2) is 39.1 Å². The van der Waals surface area contributed by atoms with Crippen LogP contribution >= 0.6 is 11.6 Å². The average molecular weight is 256 g/mol. The third-order valence-electron chi connectivity index (χ3n) is 3.24. The summed E-state index contributed by atoms with van der Waals surface area (Å²) in [6.45, 7) is 0.740. The van der Waals surface area contributed by atoms with Gasteiger partial charge in [0.25, 0.3) is 5.91 Å². The van der Waals surface area contributed by atoms with Gasteiger partial charge >= 0.3 is 0 Å². The van der Waals surface area contributed by atoms with Crippen molar-refractivity contribution in [1.82, 2.24) is 14.7 Å². The number of amides is 1. The maximum atomic E-state index is 12.3. The monoisotopic (exact) mass is 255 g/mol.